The molecule has 0 fully saturated rings. The van der Waals surface area contributed by atoms with E-state index < -0.39 is 6.10 Å². The standard InChI is InChI=1S/C16H24N2O/c1-3-5-8-12-18-14-11-7-6-10-13(14)17-16(18)15(19)9-4-2/h6-7,10-11,15,19H,3-5,8-9,12H2,1-2H3. The van der Waals surface area contributed by atoms with Crippen molar-refractivity contribution in [3.05, 3.63) is 30.1 Å². The van der Waals surface area contributed by atoms with Crippen LogP contribution in [0.1, 0.15) is 57.9 Å². The van der Waals surface area contributed by atoms with Crippen molar-refractivity contribution in [3.8, 4) is 0 Å². The van der Waals surface area contributed by atoms with Crippen molar-refractivity contribution in [1.29, 1.82) is 0 Å². The van der Waals surface area contributed by atoms with Crippen molar-refractivity contribution in [2.45, 2.75) is 58.6 Å². The van der Waals surface area contributed by atoms with E-state index in [1.54, 1.807) is 0 Å². The number of benzene rings is 1. The van der Waals surface area contributed by atoms with E-state index >= 15 is 0 Å². The van der Waals surface area contributed by atoms with Crippen LogP contribution in [0.4, 0.5) is 0 Å². The molecule has 1 heterocycles. The lowest BCUT2D eigenvalue weighted by Crippen LogP contribution is -2.09. The first-order valence-corrected chi connectivity index (χ1v) is 7.41. The molecule has 0 aliphatic heterocycles. The predicted molar refractivity (Wildman–Crippen MR) is 79.1 cm³/mol. The monoisotopic (exact) mass is 260 g/mol. The van der Waals surface area contributed by atoms with E-state index in [4.69, 9.17) is 0 Å². The number of nitrogens with zero attached hydrogens (tertiary/aromatic N) is 2. The highest BCUT2D eigenvalue weighted by Gasteiger charge is 2.16. The molecule has 0 saturated carbocycles. The van der Waals surface area contributed by atoms with E-state index in [1.165, 1.54) is 12.8 Å². The van der Waals surface area contributed by atoms with Crippen LogP contribution in [0, 0.1) is 0 Å². The second-order valence-corrected chi connectivity index (χ2v) is 5.12. The van der Waals surface area contributed by atoms with E-state index in [-0.39, 0.29) is 0 Å². The van der Waals surface area contributed by atoms with Gasteiger partial charge >= 0.3 is 0 Å². The van der Waals surface area contributed by atoms with Crippen LogP contribution in [0.25, 0.3) is 11.0 Å². The predicted octanol–water partition coefficient (Wildman–Crippen LogP) is 4.06. The van der Waals surface area contributed by atoms with Crippen LogP contribution >= 0.6 is 0 Å². The van der Waals surface area contributed by atoms with Crippen LogP contribution in [-0.2, 0) is 6.54 Å². The summed E-state index contributed by atoms with van der Waals surface area (Å²) in [5.74, 6) is 0.833. The molecule has 0 aliphatic carbocycles. The molecule has 1 N–H and O–H groups in total. The van der Waals surface area contributed by atoms with Gasteiger partial charge in [0.25, 0.3) is 0 Å². The van der Waals surface area contributed by atoms with Gasteiger partial charge in [-0.05, 0) is 25.0 Å². The molecule has 2 aromatic rings. The highest BCUT2D eigenvalue weighted by atomic mass is 16.3. The van der Waals surface area contributed by atoms with Crippen LogP contribution in [-0.4, -0.2) is 14.7 Å². The maximum atomic E-state index is 10.3. The van der Waals surface area contributed by atoms with Gasteiger partial charge < -0.3 is 9.67 Å². The first-order valence-electron chi connectivity index (χ1n) is 7.41. The Hall–Kier alpha value is -1.35. The molecule has 3 nitrogen and oxygen atoms in total. The SMILES string of the molecule is CCCCCn1c(C(O)CCC)nc2ccccc21. The van der Waals surface area contributed by atoms with Gasteiger partial charge in [-0.15, -0.1) is 0 Å². The smallest absolute Gasteiger partial charge is 0.138 e. The van der Waals surface area contributed by atoms with E-state index in [0.29, 0.717) is 0 Å². The molecule has 3 heteroatoms. The second kappa shape index (κ2) is 6.71. The third-order valence-electron chi connectivity index (χ3n) is 3.53. The summed E-state index contributed by atoms with van der Waals surface area (Å²) in [4.78, 5) is 4.62. The number of aromatic nitrogens is 2. The van der Waals surface area contributed by atoms with Crippen LogP contribution in [0.3, 0.4) is 0 Å². The minimum atomic E-state index is -0.445. The lowest BCUT2D eigenvalue weighted by atomic mass is 10.2. The number of imidazole rings is 1. The third kappa shape index (κ3) is 3.16. The lowest BCUT2D eigenvalue weighted by Gasteiger charge is -2.13. The maximum absolute atomic E-state index is 10.3. The number of hydrogen-bond acceptors (Lipinski definition) is 2. The van der Waals surface area contributed by atoms with Gasteiger partial charge in [0.1, 0.15) is 11.9 Å². The Balaban J connectivity index is 2.34. The molecule has 1 unspecified atom stereocenters. The first kappa shape index (κ1) is 14.1. The van der Waals surface area contributed by atoms with E-state index in [1.807, 2.05) is 18.2 Å². The van der Waals surface area contributed by atoms with Gasteiger partial charge in [-0.1, -0.05) is 45.2 Å². The number of para-hydroxylation sites is 2. The lowest BCUT2D eigenvalue weighted by molar-refractivity contribution is 0.152. The number of aryl methyl sites for hydroxylation is 1. The zero-order valence-electron chi connectivity index (χ0n) is 12.0. The van der Waals surface area contributed by atoms with E-state index in [9.17, 15) is 5.11 Å². The Labute approximate surface area is 115 Å². The van der Waals surface area contributed by atoms with Crippen molar-refractivity contribution < 1.29 is 5.11 Å². The number of aliphatic hydroxyl groups is 1. The molecule has 0 spiro atoms. The molecule has 104 valence electrons. The van der Waals surface area contributed by atoms with E-state index in [2.05, 4.69) is 29.5 Å². The Kier molecular flexibility index (Phi) is 4.97. The molecule has 1 aromatic carbocycles. The summed E-state index contributed by atoms with van der Waals surface area (Å²) in [7, 11) is 0. The molecule has 0 radical (unpaired) electrons. The van der Waals surface area contributed by atoms with E-state index in [0.717, 1.165) is 42.7 Å². The Morgan fingerprint density at radius 3 is 2.68 bits per heavy atom. The number of aliphatic hydroxyl groups excluding tert-OH is 1. The largest absolute Gasteiger partial charge is 0.385 e. The minimum Gasteiger partial charge on any atom is -0.385 e. The molecule has 0 saturated heterocycles. The van der Waals surface area contributed by atoms with Gasteiger partial charge in [-0.25, -0.2) is 4.98 Å². The first-order chi connectivity index (χ1) is 9.27. The highest BCUT2D eigenvalue weighted by Crippen LogP contribution is 2.24. The molecule has 1 atom stereocenters. The average molecular weight is 260 g/mol. The topological polar surface area (TPSA) is 38.0 Å². The quantitative estimate of drug-likeness (QED) is 0.762. The van der Waals surface area contributed by atoms with Gasteiger partial charge in [0.2, 0.25) is 0 Å². The summed E-state index contributed by atoms with van der Waals surface area (Å²) in [5.41, 5.74) is 2.13. The fourth-order valence-corrected chi connectivity index (χ4v) is 2.51. The molecule has 0 aliphatic rings. The van der Waals surface area contributed by atoms with Crippen molar-refractivity contribution >= 4 is 11.0 Å². The number of rotatable bonds is 7. The summed E-state index contributed by atoms with van der Waals surface area (Å²) in [6.45, 7) is 5.25. The van der Waals surface area contributed by atoms with Gasteiger partial charge in [-0.3, -0.25) is 0 Å². The van der Waals surface area contributed by atoms with Gasteiger partial charge in [0, 0.05) is 6.54 Å². The number of unbranched alkanes of at least 4 members (excludes halogenated alkanes) is 2. The summed E-state index contributed by atoms with van der Waals surface area (Å²) >= 11 is 0. The number of fused-ring (bicyclic) bond motifs is 1. The minimum absolute atomic E-state index is 0.445. The van der Waals surface area contributed by atoms with Gasteiger partial charge in [-0.2, -0.15) is 0 Å². The second-order valence-electron chi connectivity index (χ2n) is 5.12. The molecule has 1 aromatic heterocycles. The van der Waals surface area contributed by atoms with Gasteiger partial charge in [0.05, 0.1) is 11.0 Å². The average Bonchev–Trinajstić information content (AvgIpc) is 2.79. The number of hydrogen-bond donors (Lipinski definition) is 1. The molecule has 0 amide bonds. The van der Waals surface area contributed by atoms with Crippen LogP contribution in [0.2, 0.25) is 0 Å². The highest BCUT2D eigenvalue weighted by molar-refractivity contribution is 5.76. The zero-order valence-corrected chi connectivity index (χ0v) is 12.0. The zero-order chi connectivity index (χ0) is 13.7. The van der Waals surface area contributed by atoms with Crippen LogP contribution in [0.5, 0.6) is 0 Å². The normalized spacial score (nSPS) is 13.0. The Morgan fingerprint density at radius 2 is 1.95 bits per heavy atom. The molecule has 19 heavy (non-hydrogen) atoms. The molecule has 0 bridgehead atoms. The summed E-state index contributed by atoms with van der Waals surface area (Å²) in [6, 6.07) is 8.16. The van der Waals surface area contributed by atoms with Crippen LogP contribution < -0.4 is 0 Å². The fraction of sp³-hybridized carbons (Fsp3) is 0.562. The Bertz CT molecular complexity index is 518. The van der Waals surface area contributed by atoms with Crippen molar-refractivity contribution in [2.24, 2.45) is 0 Å². The fourth-order valence-electron chi connectivity index (χ4n) is 2.51. The molecular formula is C16H24N2O. The Morgan fingerprint density at radius 1 is 1.16 bits per heavy atom. The summed E-state index contributed by atoms with van der Waals surface area (Å²) < 4.78 is 2.20. The third-order valence-corrected chi connectivity index (χ3v) is 3.53. The van der Waals surface area contributed by atoms with Crippen molar-refractivity contribution in [1.82, 2.24) is 9.55 Å². The molecule has 2 rings (SSSR count). The summed E-state index contributed by atoms with van der Waals surface area (Å²) in [5, 5.41) is 10.3. The van der Waals surface area contributed by atoms with Crippen LogP contribution in [0.15, 0.2) is 24.3 Å². The maximum Gasteiger partial charge on any atom is 0.138 e. The van der Waals surface area contributed by atoms with Crippen molar-refractivity contribution in [2.75, 3.05) is 0 Å². The molecular weight excluding hydrogens is 236 g/mol. The summed E-state index contributed by atoms with van der Waals surface area (Å²) in [6.07, 6.45) is 4.87. The van der Waals surface area contributed by atoms with Crippen molar-refractivity contribution in [3.63, 3.8) is 0 Å². The van der Waals surface area contributed by atoms with Gasteiger partial charge in [0.15, 0.2) is 0 Å².